The Labute approximate surface area is 136 Å². The number of pyridine rings is 1. The van der Waals surface area contributed by atoms with Gasteiger partial charge in [0.05, 0.1) is 0 Å². The molecular weight excluding hydrogens is 288 g/mol. The molecule has 22 heavy (non-hydrogen) atoms. The van der Waals surface area contributed by atoms with Gasteiger partial charge in [-0.2, -0.15) is 0 Å². The number of hydrogen-bond acceptors (Lipinski definition) is 3. The van der Waals surface area contributed by atoms with Crippen molar-refractivity contribution in [3.05, 3.63) is 58.6 Å². The summed E-state index contributed by atoms with van der Waals surface area (Å²) in [5, 5.41) is 2.16. The summed E-state index contributed by atoms with van der Waals surface area (Å²) in [4.78, 5) is 8.02. The van der Waals surface area contributed by atoms with Crippen LogP contribution in [0, 0.1) is 11.8 Å². The molecule has 1 aliphatic rings. The maximum atomic E-state index is 4.07. The molecular formula is C19H20N2S. The van der Waals surface area contributed by atoms with E-state index in [0.717, 1.165) is 31.5 Å². The van der Waals surface area contributed by atoms with Gasteiger partial charge in [0.25, 0.3) is 0 Å². The second kappa shape index (κ2) is 7.93. The van der Waals surface area contributed by atoms with Gasteiger partial charge in [-0.1, -0.05) is 24.0 Å². The van der Waals surface area contributed by atoms with E-state index in [-0.39, 0.29) is 0 Å². The lowest BCUT2D eigenvalue weighted by Gasteiger charge is -2.25. The summed E-state index contributed by atoms with van der Waals surface area (Å²) in [6.07, 6.45) is 9.23. The molecule has 0 fully saturated rings. The van der Waals surface area contributed by atoms with E-state index < -0.39 is 0 Å². The minimum Gasteiger partial charge on any atom is -0.299 e. The number of nitrogens with zero attached hydrogens (tertiary/aromatic N) is 2. The quantitative estimate of drug-likeness (QED) is 0.625. The van der Waals surface area contributed by atoms with Gasteiger partial charge in [-0.3, -0.25) is 9.88 Å². The Kier molecular flexibility index (Phi) is 5.42. The van der Waals surface area contributed by atoms with Gasteiger partial charge in [-0.25, -0.2) is 0 Å². The van der Waals surface area contributed by atoms with Crippen LogP contribution in [0.15, 0.2) is 48.1 Å². The monoisotopic (exact) mass is 308 g/mol. The van der Waals surface area contributed by atoms with Crippen molar-refractivity contribution in [1.82, 2.24) is 9.88 Å². The van der Waals surface area contributed by atoms with Crippen molar-refractivity contribution in [3.8, 4) is 11.8 Å². The highest BCUT2D eigenvalue weighted by Gasteiger charge is 2.12. The van der Waals surface area contributed by atoms with Crippen LogP contribution < -0.4 is 0 Å². The average molecular weight is 308 g/mol. The van der Waals surface area contributed by atoms with E-state index in [1.54, 1.807) is 6.20 Å². The standard InChI is InChI=1S/C19H20N2S/c1(2-6-17-7-4-11-20-16-17)3-12-21-13-9-18(10-14-21)19-8-5-15-22-19/h4-5,7-9,11,15-16H,1,3,10,12-14H2. The van der Waals surface area contributed by atoms with Gasteiger partial charge >= 0.3 is 0 Å². The minimum absolute atomic E-state index is 0.951. The summed E-state index contributed by atoms with van der Waals surface area (Å²) in [5.74, 6) is 6.41. The predicted molar refractivity (Wildman–Crippen MR) is 93.7 cm³/mol. The molecule has 0 aliphatic carbocycles. The molecule has 0 aromatic carbocycles. The summed E-state index contributed by atoms with van der Waals surface area (Å²) in [7, 11) is 0. The van der Waals surface area contributed by atoms with E-state index in [0.29, 0.717) is 0 Å². The Balaban J connectivity index is 1.40. The van der Waals surface area contributed by atoms with Crippen LogP contribution in [0.25, 0.3) is 5.57 Å². The third-order valence-electron chi connectivity index (χ3n) is 3.80. The maximum Gasteiger partial charge on any atom is 0.0428 e. The molecule has 3 rings (SSSR count). The molecule has 0 amide bonds. The van der Waals surface area contributed by atoms with E-state index in [1.165, 1.54) is 23.4 Å². The van der Waals surface area contributed by atoms with Crippen molar-refractivity contribution in [2.45, 2.75) is 19.3 Å². The molecule has 0 N–H and O–H groups in total. The third-order valence-corrected chi connectivity index (χ3v) is 4.75. The fourth-order valence-corrected chi connectivity index (χ4v) is 3.39. The van der Waals surface area contributed by atoms with E-state index in [9.17, 15) is 0 Å². The first-order valence-corrected chi connectivity index (χ1v) is 8.64. The lowest BCUT2D eigenvalue weighted by Crippen LogP contribution is -2.29. The molecule has 0 unspecified atom stereocenters. The SMILES string of the molecule is C(#Cc1cccnc1)CCCN1CC=C(c2cccs2)CC1. The largest absolute Gasteiger partial charge is 0.299 e. The van der Waals surface area contributed by atoms with Gasteiger partial charge < -0.3 is 0 Å². The van der Waals surface area contributed by atoms with Crippen LogP contribution in [-0.2, 0) is 0 Å². The molecule has 112 valence electrons. The van der Waals surface area contributed by atoms with Gasteiger partial charge in [-0.05, 0) is 48.5 Å². The van der Waals surface area contributed by atoms with Crippen molar-refractivity contribution in [2.24, 2.45) is 0 Å². The van der Waals surface area contributed by atoms with Crippen LogP contribution in [0.2, 0.25) is 0 Å². The third kappa shape index (κ3) is 4.30. The van der Waals surface area contributed by atoms with E-state index in [2.05, 4.69) is 45.3 Å². The first kappa shape index (κ1) is 15.0. The number of aromatic nitrogens is 1. The molecule has 0 saturated carbocycles. The zero-order valence-electron chi connectivity index (χ0n) is 12.7. The number of thiophene rings is 1. The Morgan fingerprint density at radius 3 is 3.00 bits per heavy atom. The fraction of sp³-hybridized carbons (Fsp3) is 0.316. The Bertz CT molecular complexity index is 662. The zero-order chi connectivity index (χ0) is 15.0. The molecule has 0 atom stereocenters. The minimum atomic E-state index is 0.951. The van der Waals surface area contributed by atoms with Crippen LogP contribution in [0.1, 0.15) is 29.7 Å². The van der Waals surface area contributed by atoms with Gasteiger partial charge in [0.1, 0.15) is 0 Å². The van der Waals surface area contributed by atoms with Crippen molar-refractivity contribution >= 4 is 16.9 Å². The fourth-order valence-electron chi connectivity index (χ4n) is 2.59. The maximum absolute atomic E-state index is 4.07. The lowest BCUT2D eigenvalue weighted by atomic mass is 10.1. The number of unbranched alkanes of at least 4 members (excludes halogenated alkanes) is 1. The normalized spacial score (nSPS) is 15.0. The molecule has 0 radical (unpaired) electrons. The van der Waals surface area contributed by atoms with Crippen molar-refractivity contribution in [1.29, 1.82) is 0 Å². The Morgan fingerprint density at radius 1 is 1.27 bits per heavy atom. The second-order valence-electron chi connectivity index (χ2n) is 5.40. The van der Waals surface area contributed by atoms with Crippen molar-refractivity contribution in [3.63, 3.8) is 0 Å². The summed E-state index contributed by atoms with van der Waals surface area (Å²) in [6, 6.07) is 8.28. The van der Waals surface area contributed by atoms with Crippen LogP contribution in [0.5, 0.6) is 0 Å². The molecule has 2 nitrogen and oxygen atoms in total. The Hall–Kier alpha value is -1.89. The highest BCUT2D eigenvalue weighted by molar-refractivity contribution is 7.11. The first-order valence-electron chi connectivity index (χ1n) is 7.76. The van der Waals surface area contributed by atoms with Crippen LogP contribution in [-0.4, -0.2) is 29.5 Å². The second-order valence-corrected chi connectivity index (χ2v) is 6.35. The molecule has 2 aromatic rings. The van der Waals surface area contributed by atoms with Crippen molar-refractivity contribution in [2.75, 3.05) is 19.6 Å². The molecule has 2 aromatic heterocycles. The summed E-state index contributed by atoms with van der Waals surface area (Å²) in [6.45, 7) is 3.37. The van der Waals surface area contributed by atoms with Crippen LogP contribution in [0.3, 0.4) is 0 Å². The van der Waals surface area contributed by atoms with Gasteiger partial charge in [0, 0.05) is 42.3 Å². The van der Waals surface area contributed by atoms with E-state index >= 15 is 0 Å². The Morgan fingerprint density at radius 2 is 2.27 bits per heavy atom. The van der Waals surface area contributed by atoms with Gasteiger partial charge in [0.15, 0.2) is 0 Å². The van der Waals surface area contributed by atoms with E-state index in [1.807, 2.05) is 29.7 Å². The highest BCUT2D eigenvalue weighted by atomic mass is 32.1. The molecule has 0 bridgehead atoms. The summed E-state index contributed by atoms with van der Waals surface area (Å²) < 4.78 is 0. The van der Waals surface area contributed by atoms with Gasteiger partial charge in [0.2, 0.25) is 0 Å². The van der Waals surface area contributed by atoms with Crippen LogP contribution in [0.4, 0.5) is 0 Å². The van der Waals surface area contributed by atoms with Crippen LogP contribution >= 0.6 is 11.3 Å². The van der Waals surface area contributed by atoms with Crippen molar-refractivity contribution < 1.29 is 0 Å². The highest BCUT2D eigenvalue weighted by Crippen LogP contribution is 2.25. The lowest BCUT2D eigenvalue weighted by molar-refractivity contribution is 0.299. The summed E-state index contributed by atoms with van der Waals surface area (Å²) >= 11 is 1.84. The molecule has 3 heteroatoms. The first-order chi connectivity index (χ1) is 10.9. The zero-order valence-corrected chi connectivity index (χ0v) is 13.5. The molecule has 1 aliphatic heterocycles. The van der Waals surface area contributed by atoms with E-state index in [4.69, 9.17) is 0 Å². The smallest absolute Gasteiger partial charge is 0.0428 e. The average Bonchev–Trinajstić information content (AvgIpc) is 3.11. The topological polar surface area (TPSA) is 16.1 Å². The predicted octanol–water partition coefficient (Wildman–Crippen LogP) is 4.06. The molecule has 0 spiro atoms. The molecule has 3 heterocycles. The number of rotatable bonds is 4. The number of hydrogen-bond donors (Lipinski definition) is 0. The van der Waals surface area contributed by atoms with Gasteiger partial charge in [-0.15, -0.1) is 11.3 Å². The molecule has 0 saturated heterocycles. The summed E-state index contributed by atoms with van der Waals surface area (Å²) in [5.41, 5.74) is 2.52.